The number of urea groups is 1. The van der Waals surface area contributed by atoms with E-state index in [-0.39, 0.29) is 12.1 Å². The zero-order valence-corrected chi connectivity index (χ0v) is 11.7. The molecule has 0 bridgehead atoms. The van der Waals surface area contributed by atoms with Crippen LogP contribution in [-0.2, 0) is 4.74 Å². The van der Waals surface area contributed by atoms with Gasteiger partial charge in [0.2, 0.25) is 0 Å². The van der Waals surface area contributed by atoms with E-state index < -0.39 is 0 Å². The fourth-order valence-corrected chi connectivity index (χ4v) is 1.79. The number of carbonyl (C=O) groups is 1. The van der Waals surface area contributed by atoms with E-state index in [2.05, 4.69) is 10.6 Å². The van der Waals surface area contributed by atoms with Crippen molar-refractivity contribution < 1.29 is 13.9 Å². The van der Waals surface area contributed by atoms with E-state index in [9.17, 15) is 4.79 Å². The van der Waals surface area contributed by atoms with Crippen LogP contribution in [0.25, 0.3) is 0 Å². The van der Waals surface area contributed by atoms with Gasteiger partial charge in [-0.05, 0) is 36.4 Å². The molecule has 0 aliphatic heterocycles. The molecule has 2 N–H and O–H groups in total. The maximum atomic E-state index is 11.7. The number of halogens is 1. The number of nitrogens with one attached hydrogen (secondary N) is 2. The molecule has 0 radical (unpaired) electrons. The van der Waals surface area contributed by atoms with Crippen LogP contribution < -0.4 is 10.6 Å². The number of amides is 2. The molecule has 2 amide bonds. The number of furan rings is 1. The Hall–Kier alpha value is -1.98. The highest BCUT2D eigenvalue weighted by Crippen LogP contribution is 2.16. The van der Waals surface area contributed by atoms with Gasteiger partial charge in [0.1, 0.15) is 11.9 Å². The molecule has 0 fully saturated rings. The lowest BCUT2D eigenvalue weighted by molar-refractivity contribution is 0.0855. The number of ether oxygens (including phenoxy) is 1. The van der Waals surface area contributed by atoms with Crippen molar-refractivity contribution in [2.24, 2.45) is 0 Å². The highest BCUT2D eigenvalue weighted by atomic mass is 35.5. The molecule has 0 aliphatic rings. The van der Waals surface area contributed by atoms with Crippen LogP contribution in [0.15, 0.2) is 47.1 Å². The first-order valence-corrected chi connectivity index (χ1v) is 6.43. The summed E-state index contributed by atoms with van der Waals surface area (Å²) in [5.41, 5.74) is 0.666. The quantitative estimate of drug-likeness (QED) is 0.888. The van der Waals surface area contributed by atoms with Crippen LogP contribution in [0.5, 0.6) is 0 Å². The third-order valence-electron chi connectivity index (χ3n) is 2.70. The van der Waals surface area contributed by atoms with Gasteiger partial charge < -0.3 is 19.8 Å². The third kappa shape index (κ3) is 4.01. The van der Waals surface area contributed by atoms with Gasteiger partial charge >= 0.3 is 6.03 Å². The second-order valence-corrected chi connectivity index (χ2v) is 4.52. The lowest BCUT2D eigenvalue weighted by atomic mass is 10.2. The molecule has 1 unspecified atom stereocenters. The van der Waals surface area contributed by atoms with Gasteiger partial charge in [0.05, 0.1) is 12.8 Å². The first-order chi connectivity index (χ1) is 9.69. The highest BCUT2D eigenvalue weighted by Gasteiger charge is 2.14. The second-order valence-electron chi connectivity index (χ2n) is 4.08. The number of anilines is 1. The zero-order chi connectivity index (χ0) is 14.4. The number of methoxy groups -OCH3 is 1. The molecule has 2 rings (SSSR count). The Bertz CT molecular complexity index is 540. The summed E-state index contributed by atoms with van der Waals surface area (Å²) in [6.07, 6.45) is 1.25. The lowest BCUT2D eigenvalue weighted by Crippen LogP contribution is -2.32. The average molecular weight is 295 g/mol. The lowest BCUT2D eigenvalue weighted by Gasteiger charge is -2.14. The molecule has 0 spiro atoms. The molecule has 1 aromatic carbocycles. The van der Waals surface area contributed by atoms with Crippen LogP contribution in [0.4, 0.5) is 10.5 Å². The molecule has 0 saturated carbocycles. The van der Waals surface area contributed by atoms with E-state index >= 15 is 0 Å². The summed E-state index contributed by atoms with van der Waals surface area (Å²) in [5.74, 6) is 0.666. The monoisotopic (exact) mass is 294 g/mol. The summed E-state index contributed by atoms with van der Waals surface area (Å²) in [5, 5.41) is 6.03. The third-order valence-corrected chi connectivity index (χ3v) is 2.95. The smallest absolute Gasteiger partial charge is 0.319 e. The Labute approximate surface area is 121 Å². The van der Waals surface area contributed by atoms with Crippen molar-refractivity contribution in [3.05, 3.63) is 53.4 Å². The van der Waals surface area contributed by atoms with Crippen molar-refractivity contribution in [2.45, 2.75) is 6.10 Å². The first kappa shape index (κ1) is 14.4. The van der Waals surface area contributed by atoms with Crippen LogP contribution in [0.2, 0.25) is 5.02 Å². The Morgan fingerprint density at radius 2 is 2.10 bits per heavy atom. The van der Waals surface area contributed by atoms with Crippen molar-refractivity contribution >= 4 is 23.3 Å². The van der Waals surface area contributed by atoms with Crippen molar-refractivity contribution in [1.82, 2.24) is 5.32 Å². The molecule has 5 nitrogen and oxygen atoms in total. The average Bonchev–Trinajstić information content (AvgIpc) is 2.96. The van der Waals surface area contributed by atoms with Crippen molar-refractivity contribution in [3.63, 3.8) is 0 Å². The topological polar surface area (TPSA) is 63.5 Å². The van der Waals surface area contributed by atoms with Crippen LogP contribution in [0.1, 0.15) is 11.9 Å². The van der Waals surface area contributed by atoms with E-state index in [0.29, 0.717) is 23.0 Å². The zero-order valence-electron chi connectivity index (χ0n) is 10.9. The SMILES string of the molecule is COC(CNC(=O)Nc1ccc(Cl)cc1)c1ccco1. The summed E-state index contributed by atoms with van der Waals surface area (Å²) in [7, 11) is 1.56. The first-order valence-electron chi connectivity index (χ1n) is 6.05. The summed E-state index contributed by atoms with van der Waals surface area (Å²) < 4.78 is 10.5. The maximum absolute atomic E-state index is 11.7. The Kier molecular flexibility index (Phi) is 5.03. The summed E-state index contributed by atoms with van der Waals surface area (Å²) in [6, 6.07) is 10.1. The summed E-state index contributed by atoms with van der Waals surface area (Å²) >= 11 is 5.77. The molecule has 6 heteroatoms. The van der Waals surface area contributed by atoms with E-state index in [1.165, 1.54) is 0 Å². The summed E-state index contributed by atoms with van der Waals surface area (Å²) in [6.45, 7) is 0.309. The summed E-state index contributed by atoms with van der Waals surface area (Å²) in [4.78, 5) is 11.7. The fourth-order valence-electron chi connectivity index (χ4n) is 1.67. The molecule has 1 heterocycles. The van der Waals surface area contributed by atoms with E-state index in [4.69, 9.17) is 20.8 Å². The van der Waals surface area contributed by atoms with E-state index in [1.54, 1.807) is 49.8 Å². The second kappa shape index (κ2) is 6.98. The largest absolute Gasteiger partial charge is 0.467 e. The number of benzene rings is 1. The van der Waals surface area contributed by atoms with Gasteiger partial charge in [-0.2, -0.15) is 0 Å². The minimum absolute atomic E-state index is 0.309. The maximum Gasteiger partial charge on any atom is 0.319 e. The Morgan fingerprint density at radius 3 is 2.70 bits per heavy atom. The van der Waals surface area contributed by atoms with Crippen LogP contribution in [-0.4, -0.2) is 19.7 Å². The molecule has 1 atom stereocenters. The van der Waals surface area contributed by atoms with Gasteiger partial charge in [0.15, 0.2) is 0 Å². The van der Waals surface area contributed by atoms with Gasteiger partial charge in [-0.1, -0.05) is 11.6 Å². The van der Waals surface area contributed by atoms with Crippen molar-refractivity contribution in [3.8, 4) is 0 Å². The molecular formula is C14H15ClN2O3. The number of hydrogen-bond donors (Lipinski definition) is 2. The Morgan fingerprint density at radius 1 is 1.35 bits per heavy atom. The predicted molar refractivity (Wildman–Crippen MR) is 76.9 cm³/mol. The highest BCUT2D eigenvalue weighted by molar-refractivity contribution is 6.30. The normalized spacial score (nSPS) is 11.9. The van der Waals surface area contributed by atoms with Crippen molar-refractivity contribution in [2.75, 3.05) is 19.0 Å². The molecule has 20 heavy (non-hydrogen) atoms. The standard InChI is InChI=1S/C14H15ClN2O3/c1-19-13(12-3-2-8-20-12)9-16-14(18)17-11-6-4-10(15)5-7-11/h2-8,13H,9H2,1H3,(H2,16,17,18). The minimum atomic E-state index is -0.319. The van der Waals surface area contributed by atoms with Crippen LogP contribution in [0.3, 0.4) is 0 Å². The predicted octanol–water partition coefficient (Wildman–Crippen LogP) is 3.44. The van der Waals surface area contributed by atoms with Crippen LogP contribution >= 0.6 is 11.6 Å². The fraction of sp³-hybridized carbons (Fsp3) is 0.214. The molecule has 2 aromatic rings. The van der Waals surface area contributed by atoms with Gasteiger partial charge in [0.25, 0.3) is 0 Å². The van der Waals surface area contributed by atoms with Gasteiger partial charge in [-0.25, -0.2) is 4.79 Å². The van der Waals surface area contributed by atoms with E-state index in [1.807, 2.05) is 0 Å². The molecule has 1 aromatic heterocycles. The molecule has 106 valence electrons. The van der Waals surface area contributed by atoms with Crippen molar-refractivity contribution in [1.29, 1.82) is 0 Å². The van der Waals surface area contributed by atoms with Gasteiger partial charge in [-0.15, -0.1) is 0 Å². The van der Waals surface area contributed by atoms with Crippen LogP contribution in [0, 0.1) is 0 Å². The van der Waals surface area contributed by atoms with Gasteiger partial charge in [-0.3, -0.25) is 0 Å². The molecule has 0 aliphatic carbocycles. The molecule has 0 saturated heterocycles. The van der Waals surface area contributed by atoms with E-state index in [0.717, 1.165) is 0 Å². The number of rotatable bonds is 5. The number of carbonyl (C=O) groups excluding carboxylic acids is 1. The molecular weight excluding hydrogens is 280 g/mol. The minimum Gasteiger partial charge on any atom is -0.467 e. The number of hydrogen-bond acceptors (Lipinski definition) is 3. The Balaban J connectivity index is 1.84. The van der Waals surface area contributed by atoms with Gasteiger partial charge in [0, 0.05) is 17.8 Å².